The van der Waals surface area contributed by atoms with E-state index in [4.69, 9.17) is 21.1 Å². The molecular formula is C26H31ClN4O3. The lowest BCUT2D eigenvalue weighted by Gasteiger charge is -2.36. The first kappa shape index (κ1) is 24.3. The van der Waals surface area contributed by atoms with Crippen LogP contribution < -0.4 is 4.74 Å². The first-order valence-electron chi connectivity index (χ1n) is 11.4. The number of hydrogen-bond donors (Lipinski definition) is 0. The van der Waals surface area contributed by atoms with E-state index in [1.165, 1.54) is 0 Å². The third kappa shape index (κ3) is 5.97. The summed E-state index contributed by atoms with van der Waals surface area (Å²) in [6, 6.07) is 17.6. The second-order valence-electron chi connectivity index (χ2n) is 8.59. The summed E-state index contributed by atoms with van der Waals surface area (Å²) in [5, 5.41) is 5.04. The van der Waals surface area contributed by atoms with Crippen LogP contribution in [-0.2, 0) is 18.4 Å². The Hall–Kier alpha value is -2.87. The van der Waals surface area contributed by atoms with Gasteiger partial charge in [-0.15, -0.1) is 0 Å². The zero-order chi connectivity index (χ0) is 24.1. The molecule has 0 N–H and O–H groups in total. The second-order valence-corrected chi connectivity index (χ2v) is 9.03. The Balaban J connectivity index is 1.39. The Kier molecular flexibility index (Phi) is 7.88. The van der Waals surface area contributed by atoms with Gasteiger partial charge in [0.1, 0.15) is 5.75 Å². The second kappa shape index (κ2) is 11.0. The van der Waals surface area contributed by atoms with Crippen LogP contribution >= 0.6 is 11.6 Å². The van der Waals surface area contributed by atoms with Gasteiger partial charge in [-0.1, -0.05) is 35.9 Å². The summed E-state index contributed by atoms with van der Waals surface area (Å²) in [6.07, 6.45) is -0.121. The summed E-state index contributed by atoms with van der Waals surface area (Å²) in [4.78, 5) is 17.1. The van der Waals surface area contributed by atoms with Crippen LogP contribution in [0.1, 0.15) is 33.4 Å². The Morgan fingerprint density at radius 1 is 1.09 bits per heavy atom. The monoisotopic (exact) mass is 482 g/mol. The van der Waals surface area contributed by atoms with Gasteiger partial charge < -0.3 is 14.4 Å². The van der Waals surface area contributed by atoms with E-state index < -0.39 is 0 Å². The van der Waals surface area contributed by atoms with Crippen LogP contribution in [0, 0.1) is 6.92 Å². The normalized spacial score (nSPS) is 15.4. The van der Waals surface area contributed by atoms with Crippen molar-refractivity contribution in [2.24, 2.45) is 7.05 Å². The summed E-state index contributed by atoms with van der Waals surface area (Å²) in [5.41, 5.74) is 3.62. The average molecular weight is 483 g/mol. The van der Waals surface area contributed by atoms with Gasteiger partial charge in [-0.25, -0.2) is 0 Å². The number of piperazine rings is 1. The third-order valence-electron chi connectivity index (χ3n) is 6.24. The molecular weight excluding hydrogens is 452 g/mol. The summed E-state index contributed by atoms with van der Waals surface area (Å²) < 4.78 is 13.5. The zero-order valence-electron chi connectivity index (χ0n) is 19.9. The summed E-state index contributed by atoms with van der Waals surface area (Å²) in [6.45, 7) is 6.05. The quantitative estimate of drug-likeness (QED) is 0.483. The first-order chi connectivity index (χ1) is 16.4. The number of methoxy groups -OCH3 is 1. The highest BCUT2D eigenvalue weighted by Gasteiger charge is 2.26. The number of amides is 1. The topological polar surface area (TPSA) is 59.8 Å². The van der Waals surface area contributed by atoms with Crippen LogP contribution in [0.15, 0.2) is 54.6 Å². The molecule has 180 valence electrons. The van der Waals surface area contributed by atoms with Crippen molar-refractivity contribution in [3.05, 3.63) is 82.1 Å². The van der Waals surface area contributed by atoms with Crippen molar-refractivity contribution in [3.63, 3.8) is 0 Å². The first-order valence-corrected chi connectivity index (χ1v) is 11.8. The lowest BCUT2D eigenvalue weighted by molar-refractivity contribution is 0.00330. The van der Waals surface area contributed by atoms with E-state index in [-0.39, 0.29) is 12.0 Å². The van der Waals surface area contributed by atoms with E-state index in [0.717, 1.165) is 42.2 Å². The van der Waals surface area contributed by atoms with Gasteiger partial charge >= 0.3 is 0 Å². The smallest absolute Gasteiger partial charge is 0.274 e. The van der Waals surface area contributed by atoms with Gasteiger partial charge in [-0.3, -0.25) is 14.4 Å². The molecule has 2 heterocycles. The van der Waals surface area contributed by atoms with E-state index in [2.05, 4.69) is 10.00 Å². The van der Waals surface area contributed by atoms with Crippen molar-refractivity contribution in [2.45, 2.75) is 19.6 Å². The largest absolute Gasteiger partial charge is 0.497 e. The van der Waals surface area contributed by atoms with E-state index in [1.807, 2.05) is 73.5 Å². The molecule has 1 aromatic heterocycles. The predicted octanol–water partition coefficient (Wildman–Crippen LogP) is 4.11. The highest BCUT2D eigenvalue weighted by atomic mass is 35.5. The molecule has 3 aromatic rings. The minimum atomic E-state index is -0.121. The number of carbonyl (C=O) groups is 1. The molecule has 0 radical (unpaired) electrons. The standard InChI is InChI=1S/C26H31ClN4O3/c1-19-15-24(28-29(19)2)26(32)31-13-11-30(12-14-31)17-25(21-7-9-22(27)10-8-21)34-18-20-5-4-6-23(16-20)33-3/h4-10,15-16,25H,11-14,17-18H2,1-3H3. The summed E-state index contributed by atoms with van der Waals surface area (Å²) >= 11 is 6.11. The molecule has 1 atom stereocenters. The van der Waals surface area contributed by atoms with Gasteiger partial charge in [0, 0.05) is 50.5 Å². The van der Waals surface area contributed by atoms with E-state index >= 15 is 0 Å². The average Bonchev–Trinajstić information content (AvgIpc) is 3.20. The fourth-order valence-corrected chi connectivity index (χ4v) is 4.21. The number of rotatable bonds is 8. The van der Waals surface area contributed by atoms with E-state index in [0.29, 0.717) is 30.4 Å². The maximum absolute atomic E-state index is 12.8. The molecule has 1 unspecified atom stereocenters. The molecule has 1 fully saturated rings. The minimum Gasteiger partial charge on any atom is -0.497 e. The third-order valence-corrected chi connectivity index (χ3v) is 6.50. The Morgan fingerprint density at radius 3 is 2.47 bits per heavy atom. The van der Waals surface area contributed by atoms with Crippen LogP contribution in [-0.4, -0.2) is 65.3 Å². The van der Waals surface area contributed by atoms with Crippen LogP contribution in [0.2, 0.25) is 5.02 Å². The summed E-state index contributed by atoms with van der Waals surface area (Å²) in [5.74, 6) is 0.805. The van der Waals surface area contributed by atoms with Gasteiger partial charge in [0.25, 0.3) is 5.91 Å². The molecule has 1 aliphatic rings. The van der Waals surface area contributed by atoms with Crippen molar-refractivity contribution in [2.75, 3.05) is 39.8 Å². The number of ether oxygens (including phenoxy) is 2. The molecule has 0 aliphatic carbocycles. The van der Waals surface area contributed by atoms with Crippen molar-refractivity contribution in [3.8, 4) is 5.75 Å². The number of benzene rings is 2. The number of aromatic nitrogens is 2. The number of halogens is 1. The van der Waals surface area contributed by atoms with Crippen molar-refractivity contribution in [1.29, 1.82) is 0 Å². The molecule has 34 heavy (non-hydrogen) atoms. The van der Waals surface area contributed by atoms with Crippen molar-refractivity contribution in [1.82, 2.24) is 19.6 Å². The molecule has 0 spiro atoms. The fourth-order valence-electron chi connectivity index (χ4n) is 4.09. The van der Waals surface area contributed by atoms with Gasteiger partial charge in [0.05, 0.1) is 19.8 Å². The van der Waals surface area contributed by atoms with Crippen LogP contribution in [0.4, 0.5) is 0 Å². The van der Waals surface area contributed by atoms with Crippen LogP contribution in [0.3, 0.4) is 0 Å². The molecule has 1 amide bonds. The highest BCUT2D eigenvalue weighted by molar-refractivity contribution is 6.30. The zero-order valence-corrected chi connectivity index (χ0v) is 20.7. The molecule has 1 saturated heterocycles. The molecule has 4 rings (SSSR count). The van der Waals surface area contributed by atoms with Crippen LogP contribution in [0.5, 0.6) is 5.75 Å². The predicted molar refractivity (Wildman–Crippen MR) is 132 cm³/mol. The molecule has 8 heteroatoms. The Labute approximate surface area is 205 Å². The molecule has 2 aromatic carbocycles. The highest BCUT2D eigenvalue weighted by Crippen LogP contribution is 2.24. The van der Waals surface area contributed by atoms with Gasteiger partial charge in [-0.2, -0.15) is 5.10 Å². The molecule has 7 nitrogen and oxygen atoms in total. The Morgan fingerprint density at radius 2 is 1.82 bits per heavy atom. The maximum atomic E-state index is 12.8. The number of hydrogen-bond acceptors (Lipinski definition) is 5. The SMILES string of the molecule is COc1cccc(COC(CN2CCN(C(=O)c3cc(C)n(C)n3)CC2)c2ccc(Cl)cc2)c1. The van der Waals surface area contributed by atoms with Crippen LogP contribution in [0.25, 0.3) is 0 Å². The van der Waals surface area contributed by atoms with Gasteiger partial charge in [0.15, 0.2) is 5.69 Å². The number of carbonyl (C=O) groups excluding carboxylic acids is 1. The molecule has 1 aliphatic heterocycles. The number of aryl methyl sites for hydroxylation is 2. The lowest BCUT2D eigenvalue weighted by atomic mass is 10.1. The maximum Gasteiger partial charge on any atom is 0.274 e. The van der Waals surface area contributed by atoms with Crippen molar-refractivity contribution >= 4 is 17.5 Å². The number of nitrogens with zero attached hydrogens (tertiary/aromatic N) is 4. The van der Waals surface area contributed by atoms with Gasteiger partial charge in [-0.05, 0) is 48.4 Å². The van der Waals surface area contributed by atoms with Gasteiger partial charge in [0.2, 0.25) is 0 Å². The minimum absolute atomic E-state index is 0.00752. The van der Waals surface area contributed by atoms with Crippen molar-refractivity contribution < 1.29 is 14.3 Å². The summed E-state index contributed by atoms with van der Waals surface area (Å²) in [7, 11) is 3.52. The fraction of sp³-hybridized carbons (Fsp3) is 0.385. The van der Waals surface area contributed by atoms with E-state index in [9.17, 15) is 4.79 Å². The molecule has 0 saturated carbocycles. The molecule has 0 bridgehead atoms. The van der Waals surface area contributed by atoms with E-state index in [1.54, 1.807) is 11.8 Å². The lowest BCUT2D eigenvalue weighted by Crippen LogP contribution is -2.49. The Bertz CT molecular complexity index is 1090.